The van der Waals surface area contributed by atoms with E-state index < -0.39 is 63.9 Å². The Bertz CT molecular complexity index is 2500. The van der Waals surface area contributed by atoms with E-state index in [0.29, 0.717) is 12.2 Å². The normalized spacial score (nSPS) is 12.0. The number of carbonyl (C=O) groups is 1. The van der Waals surface area contributed by atoms with E-state index >= 15 is 0 Å². The van der Waals surface area contributed by atoms with Crippen molar-refractivity contribution in [3.05, 3.63) is 136 Å². The minimum atomic E-state index is -0.925. The third-order valence-corrected chi connectivity index (χ3v) is 12.9. The summed E-state index contributed by atoms with van der Waals surface area (Å²) in [5, 5.41) is 6.07. The minimum Gasteiger partial charge on any atom is -0.386 e. The zero-order valence-electron chi connectivity index (χ0n) is 40.2. The predicted molar refractivity (Wildman–Crippen MR) is 321 cm³/mol. The summed E-state index contributed by atoms with van der Waals surface area (Å²) in [6, 6.07) is 18.2. The molecule has 8 rings (SSSR count). The van der Waals surface area contributed by atoms with Crippen molar-refractivity contribution in [3.63, 3.8) is 0 Å². The van der Waals surface area contributed by atoms with E-state index in [0.717, 1.165) is 80.3 Å². The second-order valence-electron chi connectivity index (χ2n) is 17.9. The Morgan fingerprint density at radius 3 is 1.59 bits per heavy atom. The summed E-state index contributed by atoms with van der Waals surface area (Å²) in [5.74, 6) is -0.000172. The maximum atomic E-state index is 11.0. The standard InChI is InChI=1S/C15H18N4O.C13H12N4.C9H8N2.B23/c1-11(20)17-7-12-2-3-13-4-5-19(15(13)6-12)9-14-8-16-10-18-14;1-14-11-3-2-10-4-5-17(13(10)6-11)8-12-7-15-9-16-12;1-10-8-3-2-7-4-5-11-9(7)6-8;1-13-19(12)22(18(10)11)23(20(14(2)3)15(4)5)21(16(6)7)17(8)9/h2-3,6,8,10H,4-5,7,9H2,1H3,(H,16,18)(H,17,20);2-3,6-7,9H,4-5,8H2,(H,15,16);2-3,6,11H,4-5H2;. The van der Waals surface area contributed by atoms with Crippen LogP contribution in [0.4, 0.5) is 28.4 Å². The van der Waals surface area contributed by atoms with Crippen LogP contribution in [0.25, 0.3) is 9.69 Å². The highest BCUT2D eigenvalue weighted by Crippen LogP contribution is 2.33. The third-order valence-electron chi connectivity index (χ3n) is 12.9. The molecular formula is C37H38B23N10O. The number of nitrogens with one attached hydrogen (secondary N) is 4. The topological polar surface area (TPSA) is 114 Å². The van der Waals surface area contributed by atoms with Crippen LogP contribution < -0.4 is 20.4 Å². The van der Waals surface area contributed by atoms with Gasteiger partial charge in [0.1, 0.15) is 0 Å². The van der Waals surface area contributed by atoms with Gasteiger partial charge in [-0.1, -0.05) is 36.4 Å². The SMILES string of the molecule is CC(=O)NCc1ccc2c(c1)N(Cc1cnc[nH]1)CC2.[B][B]B([B])B(B([B])[B])B(B(B([B])[B])B([B])[B])B(B([B])[B])B([B])[B].[C-]#[N+]c1ccc2c(c1)N(Cc1cnc[nH]1)CC2.[C-]#[N+]c1ccc2c(c1)NCC2. The van der Waals surface area contributed by atoms with Gasteiger partial charge in [-0.05, 0) is 59.7 Å². The Hall–Kier alpha value is -4.58. The Labute approximate surface area is 442 Å². The van der Waals surface area contributed by atoms with Crippen molar-refractivity contribution in [2.24, 2.45) is 0 Å². The lowest BCUT2D eigenvalue weighted by atomic mass is 8.36. The van der Waals surface area contributed by atoms with Crippen molar-refractivity contribution in [3.8, 4) is 0 Å². The monoisotopic (exact) mass is 892 g/mol. The van der Waals surface area contributed by atoms with Crippen LogP contribution in [0.15, 0.2) is 79.6 Å². The molecule has 34 heteroatoms. The van der Waals surface area contributed by atoms with Gasteiger partial charge >= 0.3 is 0 Å². The maximum Gasteiger partial charge on any atom is 0.217 e. The molecule has 0 saturated heterocycles. The van der Waals surface area contributed by atoms with Gasteiger partial charge < -0.3 is 30.4 Å². The molecule has 3 aromatic carbocycles. The molecule has 3 aliphatic rings. The number of anilines is 3. The number of H-pyrrole nitrogens is 2. The van der Waals surface area contributed by atoms with Crippen LogP contribution in [0.2, 0.25) is 0 Å². The first kappa shape index (κ1) is 57.3. The summed E-state index contributed by atoms with van der Waals surface area (Å²) in [6.45, 7) is 20.7. The van der Waals surface area contributed by atoms with Gasteiger partial charge in [-0.25, -0.2) is 19.7 Å². The molecule has 0 fully saturated rings. The molecule has 0 aliphatic carbocycles. The lowest BCUT2D eigenvalue weighted by Crippen LogP contribution is -2.83. The number of hydrogen-bond acceptors (Lipinski definition) is 6. The number of aromatic amines is 2. The molecule has 5 heterocycles. The number of fused-ring (bicyclic) bond motifs is 3. The first-order chi connectivity index (χ1) is 33.9. The number of amides is 1. The molecule has 25 radical (unpaired) electrons. The summed E-state index contributed by atoms with van der Waals surface area (Å²) in [7, 11) is 71.4. The highest BCUT2D eigenvalue weighted by atomic mass is 16.1. The molecule has 3 aliphatic heterocycles. The van der Waals surface area contributed by atoms with Gasteiger partial charge in [-0.3, -0.25) is 4.79 Å². The van der Waals surface area contributed by atoms with Gasteiger partial charge in [0.2, 0.25) is 5.91 Å². The van der Waals surface area contributed by atoms with E-state index in [-0.39, 0.29) is 5.91 Å². The van der Waals surface area contributed by atoms with E-state index in [9.17, 15) is 4.79 Å². The average molecular weight is 887 g/mol. The molecule has 5 aromatic rings. The van der Waals surface area contributed by atoms with Crippen LogP contribution in [0.3, 0.4) is 0 Å². The maximum absolute atomic E-state index is 11.0. The zero-order valence-corrected chi connectivity index (χ0v) is 40.2. The number of hydrogen-bond donors (Lipinski definition) is 4. The number of rotatable bonds is 16. The molecule has 0 bridgehead atoms. The summed E-state index contributed by atoms with van der Waals surface area (Å²) in [6.07, 6.45) is 2.30. The lowest BCUT2D eigenvalue weighted by molar-refractivity contribution is -0.119. The number of benzene rings is 3. The molecule has 0 atom stereocenters. The van der Waals surface area contributed by atoms with Gasteiger partial charge in [0, 0.05) is 226 Å². The Morgan fingerprint density at radius 2 is 1.14 bits per heavy atom. The fourth-order valence-electron chi connectivity index (χ4n) is 9.37. The van der Waals surface area contributed by atoms with Crippen LogP contribution in [-0.4, -0.2) is 209 Å². The second kappa shape index (κ2) is 28.0. The molecular weight excluding hydrogens is 849 g/mol. The summed E-state index contributed by atoms with van der Waals surface area (Å²) in [4.78, 5) is 36.8. The van der Waals surface area contributed by atoms with Gasteiger partial charge in [-0.2, -0.15) is 0 Å². The van der Waals surface area contributed by atoms with E-state index in [1.807, 2.05) is 42.7 Å². The molecule has 2 aromatic heterocycles. The molecule has 71 heavy (non-hydrogen) atoms. The second-order valence-corrected chi connectivity index (χ2v) is 17.9. The molecule has 0 unspecified atom stereocenters. The fourth-order valence-corrected chi connectivity index (χ4v) is 9.37. The minimum absolute atomic E-state index is 0.000172. The lowest BCUT2D eigenvalue weighted by Gasteiger charge is -2.45. The van der Waals surface area contributed by atoms with E-state index in [1.54, 1.807) is 12.7 Å². The van der Waals surface area contributed by atoms with Gasteiger partial charge in [-0.15, -0.1) is 0 Å². The van der Waals surface area contributed by atoms with Crippen molar-refractivity contribution in [1.82, 2.24) is 25.3 Å². The van der Waals surface area contributed by atoms with Gasteiger partial charge in [0.05, 0.1) is 50.3 Å². The van der Waals surface area contributed by atoms with Crippen LogP contribution in [0.1, 0.15) is 40.6 Å². The van der Waals surface area contributed by atoms with Crippen molar-refractivity contribution in [1.29, 1.82) is 0 Å². The van der Waals surface area contributed by atoms with Crippen LogP contribution in [0, 0.1) is 13.1 Å². The molecule has 311 valence electrons. The quantitative estimate of drug-likeness (QED) is 0.0650. The van der Waals surface area contributed by atoms with E-state index in [1.165, 1.54) is 42.0 Å². The number of nitrogens with zero attached hydrogens (tertiary/aromatic N) is 6. The zero-order chi connectivity index (χ0) is 51.8. The highest BCUT2D eigenvalue weighted by Gasteiger charge is 2.47. The summed E-state index contributed by atoms with van der Waals surface area (Å²) in [5.41, 5.74) is 12.4. The highest BCUT2D eigenvalue weighted by molar-refractivity contribution is 8.22. The largest absolute Gasteiger partial charge is 0.386 e. The first-order valence-corrected chi connectivity index (χ1v) is 23.4. The van der Waals surface area contributed by atoms with Gasteiger partial charge in [0.15, 0.2) is 11.4 Å². The van der Waals surface area contributed by atoms with Crippen LogP contribution >= 0.6 is 0 Å². The van der Waals surface area contributed by atoms with Crippen molar-refractivity contribution in [2.75, 3.05) is 34.8 Å². The molecule has 1 amide bonds. The summed E-state index contributed by atoms with van der Waals surface area (Å²) >= 11 is 0. The third kappa shape index (κ3) is 16.2. The molecule has 0 saturated carbocycles. The number of aromatic nitrogens is 4. The number of imidazole rings is 2. The Kier molecular flexibility index (Phi) is 22.6. The fraction of sp³-hybridized carbons (Fsp3) is 0.270. The van der Waals surface area contributed by atoms with E-state index in [2.05, 4.69) is 74.3 Å². The smallest absolute Gasteiger partial charge is 0.217 e. The molecule has 0 spiro atoms. The average Bonchev–Trinajstić information content (AvgIpc) is 4.21. The van der Waals surface area contributed by atoms with Crippen molar-refractivity contribution >= 4 is 198 Å². The van der Waals surface area contributed by atoms with Crippen molar-refractivity contribution in [2.45, 2.75) is 45.8 Å². The van der Waals surface area contributed by atoms with E-state index in [4.69, 9.17) is 106 Å². The summed E-state index contributed by atoms with van der Waals surface area (Å²) < 4.78 is 0. The van der Waals surface area contributed by atoms with Crippen LogP contribution in [-0.2, 0) is 43.7 Å². The Morgan fingerprint density at radius 1 is 0.662 bits per heavy atom. The number of carbonyl (C=O) groups excluding carboxylic acids is 1. The van der Waals surface area contributed by atoms with Gasteiger partial charge in [0.25, 0.3) is 0 Å². The predicted octanol–water partition coefficient (Wildman–Crippen LogP) is -2.42. The molecule has 11 nitrogen and oxygen atoms in total. The van der Waals surface area contributed by atoms with Crippen molar-refractivity contribution < 1.29 is 4.79 Å². The van der Waals surface area contributed by atoms with Crippen LogP contribution in [0.5, 0.6) is 0 Å². The Balaban J connectivity index is 0.000000180. The first-order valence-electron chi connectivity index (χ1n) is 23.4. The molecule has 4 N–H and O–H groups in total.